The second-order valence-electron chi connectivity index (χ2n) is 15.5. The first-order valence-electron chi connectivity index (χ1n) is 22.7. The normalized spacial score (nSPS) is 13.2. The van der Waals surface area contributed by atoms with Gasteiger partial charge in [-0.1, -0.05) is 194 Å². The summed E-state index contributed by atoms with van der Waals surface area (Å²) < 4.78 is 27.7. The van der Waals surface area contributed by atoms with Crippen molar-refractivity contribution in [3.05, 3.63) is 6.92 Å². The molecule has 0 aromatic rings. The summed E-state index contributed by atoms with van der Waals surface area (Å²) in [7, 11) is -4.54. The molecule has 0 heterocycles. The molecule has 0 bridgehead atoms. The van der Waals surface area contributed by atoms with Crippen molar-refractivity contribution in [1.29, 1.82) is 0 Å². The van der Waals surface area contributed by atoms with E-state index < -0.39 is 13.9 Å². The second kappa shape index (κ2) is 40.6. The number of ether oxygens (including phenoxy) is 1. The average Bonchev–Trinajstić information content (AvgIpc) is 3.14. The summed E-state index contributed by atoms with van der Waals surface area (Å²) in [6, 6.07) is -0.769. The van der Waals surface area contributed by atoms with Crippen LogP contribution in [-0.2, 0) is 27.9 Å². The van der Waals surface area contributed by atoms with Crippen molar-refractivity contribution in [2.45, 2.75) is 245 Å². The van der Waals surface area contributed by atoms with Crippen molar-refractivity contribution in [2.75, 3.05) is 19.8 Å². The minimum absolute atomic E-state index is 0.0285. The quantitative estimate of drug-likeness (QED) is 0.0284. The number of rotatable bonds is 43. The number of nitrogens with one attached hydrogen (secondary N) is 1. The van der Waals surface area contributed by atoms with E-state index in [-0.39, 0.29) is 31.7 Å². The van der Waals surface area contributed by atoms with E-state index in [9.17, 15) is 19.0 Å². The molecule has 0 aromatic heterocycles. The highest BCUT2D eigenvalue weighted by molar-refractivity contribution is 7.45. The molecule has 53 heavy (non-hydrogen) atoms. The lowest BCUT2D eigenvalue weighted by atomic mass is 10.0. The highest BCUT2D eigenvalue weighted by atomic mass is 31.2. The van der Waals surface area contributed by atoms with Crippen LogP contribution in [-0.4, -0.2) is 37.7 Å². The number of carbonyl (C=O) groups excluding carboxylic acids is 2. The van der Waals surface area contributed by atoms with Gasteiger partial charge in [0.15, 0.2) is 0 Å². The maximum atomic E-state index is 12.7. The monoisotopic (exact) mass is 772 g/mol. The summed E-state index contributed by atoms with van der Waals surface area (Å²) >= 11 is 0. The minimum Gasteiger partial charge on any atom is -0.756 e. The van der Waals surface area contributed by atoms with Crippen LogP contribution >= 0.6 is 7.82 Å². The Labute approximate surface area is 328 Å². The lowest BCUT2D eigenvalue weighted by Gasteiger charge is -2.26. The van der Waals surface area contributed by atoms with Crippen LogP contribution in [0.1, 0.15) is 239 Å². The first kappa shape index (κ1) is 51.9. The van der Waals surface area contributed by atoms with Gasteiger partial charge in [-0.15, -0.1) is 0 Å². The van der Waals surface area contributed by atoms with Crippen molar-refractivity contribution in [1.82, 2.24) is 5.32 Å². The van der Waals surface area contributed by atoms with E-state index in [4.69, 9.17) is 13.8 Å². The van der Waals surface area contributed by atoms with Crippen molar-refractivity contribution < 1.29 is 32.8 Å². The van der Waals surface area contributed by atoms with E-state index in [1.807, 2.05) is 0 Å². The van der Waals surface area contributed by atoms with Gasteiger partial charge in [0.2, 0.25) is 5.91 Å². The van der Waals surface area contributed by atoms with Gasteiger partial charge in [-0.2, -0.15) is 0 Å². The Bertz CT molecular complexity index is 843. The molecule has 9 heteroatoms. The fraction of sp³-hybridized carbons (Fsp3) is 0.932. The van der Waals surface area contributed by atoms with Gasteiger partial charge in [0.25, 0.3) is 7.82 Å². The molecule has 1 amide bonds. The third kappa shape index (κ3) is 40.4. The molecule has 2 unspecified atom stereocenters. The first-order chi connectivity index (χ1) is 25.8. The number of esters is 1. The predicted molar refractivity (Wildman–Crippen MR) is 221 cm³/mol. The number of carbonyl (C=O) groups is 2. The first-order valence-corrected chi connectivity index (χ1v) is 24.1. The maximum Gasteiger partial charge on any atom is 0.305 e. The molecule has 1 N–H and O–H groups in total. The molecule has 8 nitrogen and oxygen atoms in total. The Hall–Kier alpha value is -1.08. The van der Waals surface area contributed by atoms with Gasteiger partial charge in [0.1, 0.15) is 6.61 Å². The van der Waals surface area contributed by atoms with E-state index in [1.165, 1.54) is 154 Å². The van der Waals surface area contributed by atoms with Crippen LogP contribution < -0.4 is 10.2 Å². The number of phosphoric acid groups is 1. The molecule has 0 rings (SSSR count). The summed E-state index contributed by atoms with van der Waals surface area (Å²) in [5.41, 5.74) is 0. The van der Waals surface area contributed by atoms with Gasteiger partial charge in [0, 0.05) is 12.8 Å². The van der Waals surface area contributed by atoms with Gasteiger partial charge in [-0.05, 0) is 25.7 Å². The lowest BCUT2D eigenvalue weighted by Crippen LogP contribution is -2.42. The summed E-state index contributed by atoms with van der Waals surface area (Å²) in [6.07, 6.45) is 40.4. The molecule has 314 valence electrons. The van der Waals surface area contributed by atoms with Crippen LogP contribution in [0.4, 0.5) is 0 Å². The standard InChI is InChI=1S/C44H86NO7P/c1-4-7-10-12-14-16-18-20-22-24-26-28-30-32-34-37-43(46)45-42(41-52-53(48,49)51-39-36-9-6-3)40-50-44(47)38-35-33-31-29-27-25-23-21-19-17-15-13-11-8-5-2/h42H,3-41H2,1-2H3,(H-,45,46,48,49). The molecular weight excluding hydrogens is 685 g/mol. The summed E-state index contributed by atoms with van der Waals surface area (Å²) in [5.74, 6) is -0.528. The summed E-state index contributed by atoms with van der Waals surface area (Å²) in [6.45, 7) is 7.82. The molecule has 0 aliphatic carbocycles. The fourth-order valence-corrected chi connectivity index (χ4v) is 7.46. The maximum absolute atomic E-state index is 12.7. The Morgan fingerprint density at radius 3 is 1.30 bits per heavy atom. The third-order valence-corrected chi connectivity index (χ3v) is 11.1. The van der Waals surface area contributed by atoms with E-state index in [0.29, 0.717) is 25.7 Å². The topological polar surface area (TPSA) is 114 Å². The van der Waals surface area contributed by atoms with Crippen molar-refractivity contribution in [3.8, 4) is 0 Å². The van der Waals surface area contributed by atoms with Crippen LogP contribution in [0.3, 0.4) is 0 Å². The smallest absolute Gasteiger partial charge is 0.305 e. The van der Waals surface area contributed by atoms with Gasteiger partial charge >= 0.3 is 5.97 Å². The Morgan fingerprint density at radius 1 is 0.528 bits per heavy atom. The largest absolute Gasteiger partial charge is 0.756 e. The zero-order valence-electron chi connectivity index (χ0n) is 35.0. The van der Waals surface area contributed by atoms with E-state index in [1.54, 1.807) is 0 Å². The molecular formula is C44H86NO7P. The van der Waals surface area contributed by atoms with Crippen LogP contribution in [0.15, 0.2) is 0 Å². The Kier molecular flexibility index (Phi) is 39.8. The number of unbranched alkanes of at least 4 members (excludes halogenated alkanes) is 30. The van der Waals surface area contributed by atoms with Crippen LogP contribution in [0, 0.1) is 6.92 Å². The van der Waals surface area contributed by atoms with E-state index >= 15 is 0 Å². The predicted octanol–water partition coefficient (Wildman–Crippen LogP) is 13.0. The van der Waals surface area contributed by atoms with Crippen molar-refractivity contribution in [2.24, 2.45) is 0 Å². The molecule has 0 spiro atoms. The highest BCUT2D eigenvalue weighted by Gasteiger charge is 2.19. The molecule has 0 saturated heterocycles. The summed E-state index contributed by atoms with van der Waals surface area (Å²) in [4.78, 5) is 37.5. The van der Waals surface area contributed by atoms with Gasteiger partial charge in [0.05, 0.1) is 32.6 Å². The minimum atomic E-state index is -4.54. The fourth-order valence-electron chi connectivity index (χ4n) is 6.67. The lowest BCUT2D eigenvalue weighted by molar-refractivity contribution is -0.226. The Morgan fingerprint density at radius 2 is 0.906 bits per heavy atom. The van der Waals surface area contributed by atoms with Gasteiger partial charge in [-0.3, -0.25) is 14.2 Å². The number of hydrogen-bond acceptors (Lipinski definition) is 7. The van der Waals surface area contributed by atoms with Crippen molar-refractivity contribution in [3.63, 3.8) is 0 Å². The van der Waals surface area contributed by atoms with Crippen LogP contribution in [0.2, 0.25) is 0 Å². The zero-order valence-corrected chi connectivity index (χ0v) is 35.9. The van der Waals surface area contributed by atoms with Crippen LogP contribution in [0.5, 0.6) is 0 Å². The molecule has 0 aliphatic heterocycles. The zero-order chi connectivity index (χ0) is 38.9. The average molecular weight is 772 g/mol. The molecule has 0 saturated carbocycles. The number of hydrogen-bond donors (Lipinski definition) is 1. The molecule has 2 atom stereocenters. The molecule has 0 radical (unpaired) electrons. The van der Waals surface area contributed by atoms with E-state index in [0.717, 1.165) is 44.9 Å². The third-order valence-electron chi connectivity index (χ3n) is 10.1. The van der Waals surface area contributed by atoms with Gasteiger partial charge < -0.3 is 24.0 Å². The molecule has 0 fully saturated rings. The Balaban J connectivity index is 4.22. The van der Waals surface area contributed by atoms with Crippen molar-refractivity contribution >= 4 is 19.7 Å². The second-order valence-corrected chi connectivity index (χ2v) is 16.9. The molecule has 0 aliphatic rings. The SMILES string of the molecule is [CH2+]CCCCOP(=O)([O-])OCC(COC(=O)CCCCCCCCCCCCCCCCC)NC(=O)CCCCCCCCCCCCCCCCC. The number of amides is 1. The number of phosphoric ester groups is 1. The van der Waals surface area contributed by atoms with Crippen LogP contribution in [0.25, 0.3) is 0 Å². The highest BCUT2D eigenvalue weighted by Crippen LogP contribution is 2.38. The van der Waals surface area contributed by atoms with Gasteiger partial charge in [-0.25, -0.2) is 0 Å². The molecule has 0 aromatic carbocycles. The van der Waals surface area contributed by atoms with E-state index in [2.05, 4.69) is 26.1 Å². The summed E-state index contributed by atoms with van der Waals surface area (Å²) in [5, 5.41) is 2.83.